The number of pyridine rings is 1. The molecule has 0 amide bonds. The van der Waals surface area contributed by atoms with Crippen molar-refractivity contribution in [2.75, 3.05) is 21.4 Å². The Morgan fingerprint density at radius 3 is 2.21 bits per heavy atom. The van der Waals surface area contributed by atoms with Gasteiger partial charge in [0.25, 0.3) is 0 Å². The Labute approximate surface area is 291 Å². The minimum Gasteiger partial charge on any atom is -0.358 e. The van der Waals surface area contributed by atoms with Crippen LogP contribution in [0.5, 0.6) is 0 Å². The monoisotopic (exact) mass is 792 g/mol. The van der Waals surface area contributed by atoms with Crippen LogP contribution < -0.4 is 14.7 Å². The molecule has 0 saturated carbocycles. The summed E-state index contributed by atoms with van der Waals surface area (Å²) in [6, 6.07) is 50.3. The Hall–Kier alpha value is -4.86. The second-order valence-electron chi connectivity index (χ2n) is 12.9. The van der Waals surface area contributed by atoms with E-state index in [1.807, 2.05) is 12.3 Å². The molecular weight excluding hydrogens is 758 g/mol. The van der Waals surface area contributed by atoms with Crippen molar-refractivity contribution in [3.8, 4) is 5.82 Å². The zero-order valence-corrected chi connectivity index (χ0v) is 29.2. The van der Waals surface area contributed by atoms with E-state index in [1.165, 1.54) is 16.8 Å². The summed E-state index contributed by atoms with van der Waals surface area (Å²) < 4.78 is 2.23. The van der Waals surface area contributed by atoms with Crippen LogP contribution in [0.4, 0.5) is 34.1 Å². The van der Waals surface area contributed by atoms with Crippen LogP contribution in [0.2, 0.25) is 0 Å². The van der Waals surface area contributed by atoms with Crippen LogP contribution in [-0.4, -0.2) is 21.8 Å². The molecular formula is C41H35N5Pt. The zero-order valence-electron chi connectivity index (χ0n) is 26.9. The van der Waals surface area contributed by atoms with E-state index in [0.29, 0.717) is 0 Å². The molecule has 0 unspecified atom stereocenters. The van der Waals surface area contributed by atoms with Crippen LogP contribution in [0, 0.1) is 19.1 Å². The number of hydrogen-bond donors (Lipinski definition) is 0. The topological polar surface area (TPSA) is 27.5 Å². The van der Waals surface area contributed by atoms with E-state index in [-0.39, 0.29) is 26.6 Å². The van der Waals surface area contributed by atoms with Gasteiger partial charge in [0.1, 0.15) is 5.82 Å². The molecule has 0 atom stereocenters. The number of hydrogen-bond acceptors (Lipinski definition) is 4. The van der Waals surface area contributed by atoms with Gasteiger partial charge in [0, 0.05) is 22.9 Å². The number of rotatable bonds is 5. The van der Waals surface area contributed by atoms with Crippen molar-refractivity contribution >= 4 is 55.9 Å². The second-order valence-corrected chi connectivity index (χ2v) is 12.9. The molecule has 234 valence electrons. The molecule has 0 fully saturated rings. The summed E-state index contributed by atoms with van der Waals surface area (Å²) in [7, 11) is 0. The molecule has 0 N–H and O–H groups in total. The molecule has 0 spiro atoms. The molecule has 1 aliphatic heterocycles. The van der Waals surface area contributed by atoms with Crippen molar-refractivity contribution in [2.24, 2.45) is 0 Å². The molecule has 0 saturated heterocycles. The maximum absolute atomic E-state index is 4.78. The molecule has 1 aliphatic rings. The summed E-state index contributed by atoms with van der Waals surface area (Å²) >= 11 is 0. The van der Waals surface area contributed by atoms with E-state index in [0.717, 1.165) is 57.2 Å². The van der Waals surface area contributed by atoms with Crippen molar-refractivity contribution in [1.29, 1.82) is 0 Å². The van der Waals surface area contributed by atoms with E-state index in [4.69, 9.17) is 4.98 Å². The van der Waals surface area contributed by atoms with Crippen LogP contribution in [0.1, 0.15) is 26.3 Å². The van der Waals surface area contributed by atoms with E-state index in [2.05, 4.69) is 174 Å². The van der Waals surface area contributed by atoms with Gasteiger partial charge in [-0.2, -0.15) is 12.1 Å². The van der Waals surface area contributed by atoms with Crippen molar-refractivity contribution < 1.29 is 21.1 Å². The number of para-hydroxylation sites is 4. The molecule has 7 aromatic rings. The van der Waals surface area contributed by atoms with Crippen LogP contribution in [-0.2, 0) is 21.1 Å². The molecule has 0 bridgehead atoms. The number of anilines is 6. The second kappa shape index (κ2) is 12.1. The van der Waals surface area contributed by atoms with E-state index in [1.54, 1.807) is 0 Å². The van der Waals surface area contributed by atoms with Crippen molar-refractivity contribution in [3.63, 3.8) is 0 Å². The van der Waals surface area contributed by atoms with Crippen LogP contribution in [0.3, 0.4) is 0 Å². The zero-order chi connectivity index (χ0) is 31.4. The standard InChI is InChI=1S/C41H35N5.Pt/c1-29-23-24-42-40(25-29)46-36-18-9-8-17-34(36)35-22-21-33(27-39(35)46)45(30-13-6-5-7-14-30)32-16-12-15-31(26-32)43-28-44(41(2,3)4)38-20-11-10-19-37(38)43;/h5-25H,28H2,1-4H3;/q-2;+2. The Morgan fingerprint density at radius 1 is 0.702 bits per heavy atom. The number of nitrogens with zero attached hydrogens (tertiary/aromatic N) is 5. The number of benzene rings is 5. The predicted molar refractivity (Wildman–Crippen MR) is 191 cm³/mol. The predicted octanol–water partition coefficient (Wildman–Crippen LogP) is 10.3. The smallest absolute Gasteiger partial charge is 0.358 e. The fourth-order valence-corrected chi connectivity index (χ4v) is 6.60. The first kappa shape index (κ1) is 30.8. The summed E-state index contributed by atoms with van der Waals surface area (Å²) in [6.07, 6.45) is 1.88. The molecule has 3 heterocycles. The minimum absolute atomic E-state index is 0. The summed E-state index contributed by atoms with van der Waals surface area (Å²) in [5, 5.41) is 2.32. The van der Waals surface area contributed by atoms with E-state index >= 15 is 0 Å². The quantitative estimate of drug-likeness (QED) is 0.162. The molecule has 0 aliphatic carbocycles. The van der Waals surface area contributed by atoms with Gasteiger partial charge in [-0.3, -0.25) is 0 Å². The first-order valence-electron chi connectivity index (χ1n) is 15.8. The third-order valence-corrected chi connectivity index (χ3v) is 8.81. The molecule has 6 heteroatoms. The van der Waals surface area contributed by atoms with Gasteiger partial charge >= 0.3 is 21.1 Å². The fraction of sp³-hybridized carbons (Fsp3) is 0.146. The van der Waals surface area contributed by atoms with Gasteiger partial charge in [-0.15, -0.1) is 35.7 Å². The van der Waals surface area contributed by atoms with Gasteiger partial charge in [0.05, 0.1) is 18.0 Å². The summed E-state index contributed by atoms with van der Waals surface area (Å²) in [5.41, 5.74) is 9.63. The van der Waals surface area contributed by atoms with Gasteiger partial charge in [-0.25, -0.2) is 4.98 Å². The third kappa shape index (κ3) is 5.39. The van der Waals surface area contributed by atoms with Gasteiger partial charge < -0.3 is 19.3 Å². The fourth-order valence-electron chi connectivity index (χ4n) is 6.60. The van der Waals surface area contributed by atoms with Crippen molar-refractivity contribution in [1.82, 2.24) is 9.55 Å². The normalized spacial score (nSPS) is 12.8. The average molecular weight is 793 g/mol. The molecule has 47 heavy (non-hydrogen) atoms. The summed E-state index contributed by atoms with van der Waals surface area (Å²) in [4.78, 5) is 11.9. The van der Waals surface area contributed by atoms with Crippen LogP contribution >= 0.6 is 0 Å². The molecule has 5 aromatic carbocycles. The number of aromatic nitrogens is 2. The van der Waals surface area contributed by atoms with Crippen LogP contribution in [0.25, 0.3) is 27.6 Å². The van der Waals surface area contributed by atoms with Crippen LogP contribution in [0.15, 0.2) is 128 Å². The van der Waals surface area contributed by atoms with Gasteiger partial charge in [0.2, 0.25) is 0 Å². The maximum Gasteiger partial charge on any atom is 2.00 e. The Kier molecular flexibility index (Phi) is 7.90. The summed E-state index contributed by atoms with van der Waals surface area (Å²) in [6.45, 7) is 9.66. The number of fused-ring (bicyclic) bond motifs is 4. The van der Waals surface area contributed by atoms with E-state index in [9.17, 15) is 0 Å². The Bertz CT molecular complexity index is 2220. The van der Waals surface area contributed by atoms with E-state index < -0.39 is 0 Å². The summed E-state index contributed by atoms with van der Waals surface area (Å²) in [5.74, 6) is 0.885. The number of aryl methyl sites for hydroxylation is 1. The molecule has 5 nitrogen and oxygen atoms in total. The Balaban J connectivity index is 0.00000351. The van der Waals surface area contributed by atoms with Gasteiger partial charge in [-0.1, -0.05) is 71.1 Å². The molecule has 0 radical (unpaired) electrons. The van der Waals surface area contributed by atoms with Crippen molar-refractivity contribution in [2.45, 2.75) is 33.2 Å². The van der Waals surface area contributed by atoms with Crippen molar-refractivity contribution in [3.05, 3.63) is 145 Å². The third-order valence-electron chi connectivity index (χ3n) is 8.81. The first-order chi connectivity index (χ1) is 22.4. The Morgan fingerprint density at radius 2 is 1.43 bits per heavy atom. The first-order valence-corrected chi connectivity index (χ1v) is 15.8. The maximum atomic E-state index is 4.78. The minimum atomic E-state index is -0.0203. The average Bonchev–Trinajstić information content (AvgIpc) is 3.62. The molecule has 8 rings (SSSR count). The van der Waals surface area contributed by atoms with Gasteiger partial charge in [-0.05, 0) is 81.1 Å². The van der Waals surface area contributed by atoms with Gasteiger partial charge in [0.15, 0.2) is 0 Å². The SMILES string of the molecule is Cc1ccnc(-n2c3[c-]c(N(c4[c-]c(N5CN(C(C)(C)C)c6ccccc65)ccc4)c4ccccc4)ccc3c3ccccc32)c1.[Pt+2]. The molecule has 2 aromatic heterocycles. The largest absolute Gasteiger partial charge is 2.00 e.